The maximum absolute atomic E-state index is 12.8. The van der Waals surface area contributed by atoms with Crippen molar-refractivity contribution in [3.8, 4) is 5.69 Å². The number of hydrogen-bond donors (Lipinski definition) is 2. The van der Waals surface area contributed by atoms with Crippen LogP contribution in [0.3, 0.4) is 0 Å². The number of H-pyrrole nitrogens is 1. The van der Waals surface area contributed by atoms with Gasteiger partial charge < -0.3 is 5.32 Å². The van der Waals surface area contributed by atoms with Gasteiger partial charge >= 0.3 is 11.3 Å². The topological polar surface area (TPSA) is 96.1 Å². The van der Waals surface area contributed by atoms with Crippen LogP contribution in [0.5, 0.6) is 0 Å². The van der Waals surface area contributed by atoms with E-state index in [9.17, 15) is 14.4 Å². The van der Waals surface area contributed by atoms with E-state index in [-0.39, 0.29) is 17.2 Å². The van der Waals surface area contributed by atoms with Crippen LogP contribution in [0.15, 0.2) is 63.9 Å². The second-order valence-electron chi connectivity index (χ2n) is 5.87. The summed E-state index contributed by atoms with van der Waals surface area (Å²) in [6, 6.07) is 14.3. The van der Waals surface area contributed by atoms with Gasteiger partial charge in [-0.25, -0.2) is 4.79 Å². The molecule has 0 atom stereocenters. The van der Waals surface area contributed by atoms with Gasteiger partial charge in [0.05, 0.1) is 5.57 Å². The van der Waals surface area contributed by atoms with Crippen molar-refractivity contribution in [1.29, 1.82) is 0 Å². The quantitative estimate of drug-likeness (QED) is 0.428. The molecule has 0 saturated carbocycles. The molecule has 1 aliphatic heterocycles. The van der Waals surface area contributed by atoms with Gasteiger partial charge in [-0.05, 0) is 22.9 Å². The maximum Gasteiger partial charge on any atom is 0.439 e. The number of nitrogens with one attached hydrogen (secondary N) is 2. The molecule has 1 aromatic heterocycles. The van der Waals surface area contributed by atoms with E-state index in [1.165, 1.54) is 4.68 Å². The van der Waals surface area contributed by atoms with Crippen molar-refractivity contribution in [3.05, 3.63) is 81.8 Å². The molecule has 2 N–H and O–H groups in total. The zero-order chi connectivity index (χ0) is 18.3. The number of carbonyl (C=O) groups excluding carboxylic acids is 2. The van der Waals surface area contributed by atoms with Gasteiger partial charge in [-0.3, -0.25) is 14.1 Å². The van der Waals surface area contributed by atoms with Gasteiger partial charge in [-0.1, -0.05) is 36.4 Å². The number of rotatable bonds is 3. The maximum atomic E-state index is 12.8. The molecule has 1 amide bonds. The molecule has 0 unspecified atom stereocenters. The van der Waals surface area contributed by atoms with E-state index in [4.69, 9.17) is 4.52 Å². The predicted molar refractivity (Wildman–Crippen MR) is 93.0 cm³/mol. The van der Waals surface area contributed by atoms with Crippen molar-refractivity contribution in [3.63, 3.8) is 0 Å². The number of aryl methyl sites for hydroxylation is 1. The summed E-state index contributed by atoms with van der Waals surface area (Å²) in [5, 5.41) is 5.14. The Morgan fingerprint density at radius 1 is 1.08 bits per heavy atom. The van der Waals surface area contributed by atoms with Crippen LogP contribution in [-0.4, -0.2) is 17.0 Å². The van der Waals surface area contributed by atoms with Crippen LogP contribution in [-0.2, 0) is 4.79 Å². The third kappa shape index (κ3) is 2.46. The zero-order valence-corrected chi connectivity index (χ0v) is 13.8. The van der Waals surface area contributed by atoms with Gasteiger partial charge in [0.2, 0.25) is 5.69 Å². The van der Waals surface area contributed by atoms with Crippen molar-refractivity contribution in [1.82, 2.24) is 5.27 Å². The van der Waals surface area contributed by atoms with Gasteiger partial charge in [0.25, 0.3) is 11.7 Å². The summed E-state index contributed by atoms with van der Waals surface area (Å²) in [5.74, 6) is -1.01. The molecule has 0 aliphatic carbocycles. The molecule has 0 bridgehead atoms. The minimum Gasteiger partial charge on any atom is -0.321 e. The van der Waals surface area contributed by atoms with E-state index in [0.717, 1.165) is 11.6 Å². The average Bonchev–Trinajstić information content (AvgIpc) is 3.16. The fourth-order valence-electron chi connectivity index (χ4n) is 2.95. The van der Waals surface area contributed by atoms with Crippen LogP contribution in [0.2, 0.25) is 0 Å². The van der Waals surface area contributed by atoms with E-state index >= 15 is 0 Å². The Bertz CT molecular complexity index is 1140. The van der Waals surface area contributed by atoms with Crippen molar-refractivity contribution >= 4 is 23.0 Å². The van der Waals surface area contributed by atoms with Gasteiger partial charge in [-0.15, -0.1) is 0 Å². The number of benzene rings is 2. The van der Waals surface area contributed by atoms with E-state index in [1.54, 1.807) is 36.4 Å². The largest absolute Gasteiger partial charge is 0.439 e. The number of aromatic amines is 1. The minimum absolute atomic E-state index is 0.205. The first-order chi connectivity index (χ1) is 12.6. The number of hydrogen-bond acceptors (Lipinski definition) is 4. The Morgan fingerprint density at radius 2 is 1.81 bits per heavy atom. The van der Waals surface area contributed by atoms with Crippen molar-refractivity contribution in [2.75, 3.05) is 5.32 Å². The highest BCUT2D eigenvalue weighted by Gasteiger charge is 2.32. The summed E-state index contributed by atoms with van der Waals surface area (Å²) >= 11 is 0. The molecule has 0 saturated heterocycles. The monoisotopic (exact) mass is 348 g/mol. The van der Waals surface area contributed by atoms with Crippen LogP contribution < -0.4 is 15.6 Å². The molecule has 26 heavy (non-hydrogen) atoms. The number of carbonyl (C=O) groups is 2. The zero-order valence-electron chi connectivity index (χ0n) is 13.8. The Hall–Kier alpha value is -3.74. The fraction of sp³-hybridized carbons (Fsp3) is 0.0526. The smallest absolute Gasteiger partial charge is 0.321 e. The molecule has 0 radical (unpaired) electrons. The molecular formula is C19H14N3O4+. The third-order valence-electron chi connectivity index (χ3n) is 4.22. The molecular weight excluding hydrogens is 334 g/mol. The SMILES string of the molecule is Cc1ccccc1-[n+]1[nH]oc(=O)c1C(=O)/C=C1/C(=O)Nc2ccccc21. The van der Waals surface area contributed by atoms with Gasteiger partial charge in [0, 0.05) is 29.0 Å². The number of fused-ring (bicyclic) bond motifs is 1. The molecule has 2 aromatic carbocycles. The van der Waals surface area contributed by atoms with E-state index < -0.39 is 11.4 Å². The van der Waals surface area contributed by atoms with Crippen molar-refractivity contribution in [2.45, 2.75) is 6.92 Å². The number of amides is 1. The number of nitrogens with zero attached hydrogens (tertiary/aromatic N) is 1. The molecule has 7 nitrogen and oxygen atoms in total. The molecule has 128 valence electrons. The molecule has 2 heterocycles. The summed E-state index contributed by atoms with van der Waals surface area (Å²) in [5.41, 5.74) is 1.91. The average molecular weight is 348 g/mol. The Balaban J connectivity index is 1.82. The number of aromatic nitrogens is 2. The number of anilines is 1. The van der Waals surface area contributed by atoms with Crippen LogP contribution in [0.4, 0.5) is 5.69 Å². The Labute approximate surface area is 147 Å². The van der Waals surface area contributed by atoms with Crippen LogP contribution in [0, 0.1) is 6.92 Å². The van der Waals surface area contributed by atoms with Crippen molar-refractivity contribution in [2.24, 2.45) is 0 Å². The second kappa shape index (κ2) is 5.96. The standard InChI is InChI=1S/C19H13N3O4/c1-11-6-2-5-9-15(11)22-17(19(25)26-21-22)16(23)10-13-12-7-3-4-8-14(12)20-18(13)24/h2-10H,1H3,(H-,20,21,23,24,25)/p+1. The first kappa shape index (κ1) is 15.8. The summed E-state index contributed by atoms with van der Waals surface area (Å²) in [6.07, 6.45) is 1.16. The molecule has 0 spiro atoms. The second-order valence-corrected chi connectivity index (χ2v) is 5.87. The minimum atomic E-state index is -0.804. The summed E-state index contributed by atoms with van der Waals surface area (Å²) < 4.78 is 6.11. The predicted octanol–water partition coefficient (Wildman–Crippen LogP) is 1.77. The van der Waals surface area contributed by atoms with Gasteiger partial charge in [-0.2, -0.15) is 0 Å². The van der Waals surface area contributed by atoms with Crippen molar-refractivity contribution < 1.29 is 18.8 Å². The van der Waals surface area contributed by atoms with E-state index in [0.29, 0.717) is 16.9 Å². The number of ketones is 1. The van der Waals surface area contributed by atoms with Crippen LogP contribution >= 0.6 is 0 Å². The van der Waals surface area contributed by atoms with Crippen LogP contribution in [0.25, 0.3) is 11.3 Å². The van der Waals surface area contributed by atoms with Crippen LogP contribution in [0.1, 0.15) is 21.6 Å². The lowest BCUT2D eigenvalue weighted by Gasteiger charge is -1.97. The fourth-order valence-corrected chi connectivity index (χ4v) is 2.95. The summed E-state index contributed by atoms with van der Waals surface area (Å²) in [6.45, 7) is 1.85. The Kier molecular flexibility index (Phi) is 3.62. The lowest BCUT2D eigenvalue weighted by atomic mass is 10.1. The molecule has 0 fully saturated rings. The highest BCUT2D eigenvalue weighted by atomic mass is 16.5. The number of para-hydroxylation sites is 2. The highest BCUT2D eigenvalue weighted by molar-refractivity contribution is 6.34. The lowest BCUT2D eigenvalue weighted by Crippen LogP contribution is -2.41. The normalized spacial score (nSPS) is 14.3. The highest BCUT2D eigenvalue weighted by Crippen LogP contribution is 2.31. The molecule has 1 aliphatic rings. The van der Waals surface area contributed by atoms with E-state index in [2.05, 4.69) is 10.6 Å². The van der Waals surface area contributed by atoms with Gasteiger partial charge in [0.1, 0.15) is 0 Å². The third-order valence-corrected chi connectivity index (χ3v) is 4.22. The first-order valence-corrected chi connectivity index (χ1v) is 7.92. The number of allylic oxidation sites excluding steroid dienone is 1. The van der Waals surface area contributed by atoms with E-state index in [1.807, 2.05) is 19.1 Å². The van der Waals surface area contributed by atoms with Gasteiger partial charge in [0.15, 0.2) is 0 Å². The summed E-state index contributed by atoms with van der Waals surface area (Å²) in [7, 11) is 0. The molecule has 3 aromatic rings. The molecule has 7 heteroatoms. The summed E-state index contributed by atoms with van der Waals surface area (Å²) in [4.78, 5) is 37.1. The Morgan fingerprint density at radius 3 is 2.62 bits per heavy atom. The lowest BCUT2D eigenvalue weighted by molar-refractivity contribution is -0.672. The molecule has 4 rings (SSSR count). The first-order valence-electron chi connectivity index (χ1n) is 7.92.